The first-order chi connectivity index (χ1) is 20.9. The Balaban J connectivity index is 1.18. The van der Waals surface area contributed by atoms with Gasteiger partial charge in [-0.3, -0.25) is 0 Å². The second-order valence-electron chi connectivity index (χ2n) is 10.3. The van der Waals surface area contributed by atoms with Crippen molar-refractivity contribution in [2.45, 2.75) is 49.5 Å². The van der Waals surface area contributed by atoms with Gasteiger partial charge in [0.25, 0.3) is 0 Å². The number of alkyl halides is 1. The Kier molecular flexibility index (Phi) is 7.75. The normalized spacial score (nSPS) is 33.7. The summed E-state index contributed by atoms with van der Waals surface area (Å²) in [5, 5.41) is 0.614. The van der Waals surface area contributed by atoms with Crippen LogP contribution in [0.4, 0.5) is 16.2 Å². The summed E-state index contributed by atoms with van der Waals surface area (Å²) in [5.74, 6) is 0.0808. The molecule has 23 heteroatoms. The van der Waals surface area contributed by atoms with Gasteiger partial charge in [0.05, 0.1) is 0 Å². The molecule has 7 N–H and O–H groups in total. The fraction of sp³-hybridized carbons (Fsp3) is 0.476. The molecular weight excluding hydrogens is 667 g/mol. The zero-order valence-corrected chi connectivity index (χ0v) is 26.1. The molecule has 0 saturated carbocycles. The predicted molar refractivity (Wildman–Crippen MR) is 163 cm³/mol. The van der Waals surface area contributed by atoms with Crippen LogP contribution in [0.5, 0.6) is 0 Å². The molecule has 3 saturated heterocycles. The zero-order chi connectivity index (χ0) is 31.0. The number of aromatic amines is 1. The van der Waals surface area contributed by atoms with Crippen molar-refractivity contribution < 1.29 is 41.7 Å². The number of thiol groups is 2. The standard InChI is InChI=1S/C21H28FN9O9P2S2/c22-13-11-5-36-41(33,43)39-9-3-12(30-2-1-8-16(23)25-6-26-17(8)30)37-10(9)4-35-42(34,44)40-15(13)20(38-11)31-7-27-14-18(31)28-21(24)29-19(14)32/h1-2,6-7,9-13,15,20,33-34,41-44H,3-5H2,(H2,23,25,26)(H3,24,28,29,32)/t9-,10+,11+,12+,13+,15+,20+/m0/s1. The van der Waals surface area contributed by atoms with Gasteiger partial charge in [-0.1, -0.05) is 0 Å². The van der Waals surface area contributed by atoms with Crippen molar-refractivity contribution in [2.75, 3.05) is 24.7 Å². The van der Waals surface area contributed by atoms with E-state index < -0.39 is 69.5 Å². The van der Waals surface area contributed by atoms with E-state index in [2.05, 4.69) is 49.4 Å². The Morgan fingerprint density at radius 3 is 2.55 bits per heavy atom. The van der Waals surface area contributed by atoms with Gasteiger partial charge < -0.3 is 0 Å². The Labute approximate surface area is 257 Å². The third kappa shape index (κ3) is 5.54. The summed E-state index contributed by atoms with van der Waals surface area (Å²) < 4.78 is 53.9. The van der Waals surface area contributed by atoms with Gasteiger partial charge in [-0.25, -0.2) is 0 Å². The van der Waals surface area contributed by atoms with Crippen molar-refractivity contribution in [1.82, 2.24) is 34.1 Å². The molecule has 18 nitrogen and oxygen atoms in total. The molecule has 2 bridgehead atoms. The Bertz CT molecular complexity index is 1780. The number of rotatable bonds is 2. The second-order valence-corrected chi connectivity index (χ2v) is 17.0. The number of hydrogen-bond donors (Lipinski definition) is 7. The van der Waals surface area contributed by atoms with Crippen LogP contribution in [0, 0.1) is 0 Å². The fourth-order valence-electron chi connectivity index (χ4n) is 5.50. The van der Waals surface area contributed by atoms with Crippen molar-refractivity contribution in [1.29, 1.82) is 0 Å². The van der Waals surface area contributed by atoms with Crippen LogP contribution in [0.3, 0.4) is 0 Å². The molecule has 4 aromatic heterocycles. The Morgan fingerprint density at radius 2 is 1.75 bits per heavy atom. The topological polar surface area (TPSA) is 242 Å². The van der Waals surface area contributed by atoms with Crippen LogP contribution >= 0.6 is 38.8 Å². The third-order valence-corrected chi connectivity index (χ3v) is 11.2. The Hall–Kier alpha value is -2.26. The molecule has 4 aromatic rings. The summed E-state index contributed by atoms with van der Waals surface area (Å²) >= 11 is 8.46. The molecule has 3 aliphatic heterocycles. The molecule has 0 aliphatic carbocycles. The first-order valence-corrected chi connectivity index (χ1v) is 19.3. The summed E-state index contributed by atoms with van der Waals surface area (Å²) in [7, 11) is -8.67. The maximum absolute atomic E-state index is 15.9. The summed E-state index contributed by atoms with van der Waals surface area (Å²) in [6.45, 7) is -0.845. The molecule has 3 fully saturated rings. The number of nitrogens with two attached hydrogens (primary N) is 2. The van der Waals surface area contributed by atoms with Gasteiger partial charge in [0, 0.05) is 0 Å². The van der Waals surface area contributed by atoms with Crippen molar-refractivity contribution in [3.05, 3.63) is 35.3 Å². The van der Waals surface area contributed by atoms with E-state index in [0.29, 0.717) is 16.9 Å². The zero-order valence-electron chi connectivity index (χ0n) is 22.3. The van der Waals surface area contributed by atoms with E-state index in [1.54, 1.807) is 16.8 Å². The van der Waals surface area contributed by atoms with Gasteiger partial charge in [-0.2, -0.15) is 0 Å². The van der Waals surface area contributed by atoms with E-state index in [4.69, 9.17) is 39.0 Å². The molecule has 0 amide bonds. The molecular formula is C21H28FN9O9P2S2. The van der Waals surface area contributed by atoms with Gasteiger partial charge in [0.1, 0.15) is 0 Å². The molecule has 7 rings (SSSR count). The average molecular weight is 696 g/mol. The van der Waals surface area contributed by atoms with E-state index in [-0.39, 0.29) is 30.1 Å². The van der Waals surface area contributed by atoms with Crippen molar-refractivity contribution in [3.8, 4) is 0 Å². The maximum atomic E-state index is 15.9. The quantitative estimate of drug-likeness (QED) is 0.113. The van der Waals surface area contributed by atoms with Crippen molar-refractivity contribution in [2.24, 2.45) is 0 Å². The molecule has 3 aliphatic rings. The number of aromatic nitrogens is 7. The number of nitrogens with zero attached hydrogens (tertiary/aromatic N) is 6. The van der Waals surface area contributed by atoms with Gasteiger partial charge in [-0.05, 0) is 0 Å². The van der Waals surface area contributed by atoms with Crippen LogP contribution < -0.4 is 17.0 Å². The van der Waals surface area contributed by atoms with Crippen LogP contribution in [-0.4, -0.2) is 87.6 Å². The van der Waals surface area contributed by atoms with E-state index in [9.17, 15) is 14.6 Å². The van der Waals surface area contributed by atoms with Crippen LogP contribution in [-0.2, 0) is 27.6 Å². The van der Waals surface area contributed by atoms with Gasteiger partial charge in [-0.15, -0.1) is 0 Å². The Morgan fingerprint density at radius 1 is 1.00 bits per heavy atom. The minimum atomic E-state index is -4.42. The molecule has 0 radical (unpaired) electrons. The molecule has 44 heavy (non-hydrogen) atoms. The number of anilines is 2. The minimum absolute atomic E-state index is 0.0220. The third-order valence-electron chi connectivity index (χ3n) is 7.49. The summed E-state index contributed by atoms with van der Waals surface area (Å²) in [6.07, 6.45) is -4.12. The van der Waals surface area contributed by atoms with Gasteiger partial charge in [0.2, 0.25) is 0 Å². The second kappa shape index (κ2) is 11.2. The van der Waals surface area contributed by atoms with E-state index >= 15 is 4.39 Å². The molecule has 0 unspecified atom stereocenters. The first kappa shape index (κ1) is 30.4. The van der Waals surface area contributed by atoms with E-state index in [1.165, 1.54) is 17.2 Å². The fourth-order valence-corrected chi connectivity index (χ4v) is 8.86. The molecule has 7 atom stereocenters. The number of halogens is 1. The van der Waals surface area contributed by atoms with E-state index in [1.807, 2.05) is 0 Å². The van der Waals surface area contributed by atoms with E-state index in [0.717, 1.165) is 0 Å². The van der Waals surface area contributed by atoms with Crippen LogP contribution in [0.15, 0.2) is 29.7 Å². The molecule has 0 aromatic carbocycles. The van der Waals surface area contributed by atoms with Crippen molar-refractivity contribution in [3.63, 3.8) is 0 Å². The SMILES string of the molecule is Nc1nc2c(ncn2[C@@H]2O[C@@H]3CO[PH](O)(S)O[C@H]4C[C@H](n5ccc6c(N)ncnc65)O[C@@H]4CO[PH](O)(S)O[C@@H]2[C@@H]3F)c(=O)[nH]1. The summed E-state index contributed by atoms with van der Waals surface area (Å²) in [4.78, 5) is 53.2. The molecule has 240 valence electrons. The average Bonchev–Trinajstić information content (AvgIpc) is 3.72. The van der Waals surface area contributed by atoms with Crippen LogP contribution in [0.25, 0.3) is 22.2 Å². The number of nitrogens with one attached hydrogen (secondary N) is 1. The number of ether oxygens (including phenoxy) is 2. The number of H-pyrrole nitrogens is 1. The summed E-state index contributed by atoms with van der Waals surface area (Å²) in [5.41, 5.74) is 11.5. The number of hydrogen-bond acceptors (Lipinski definition) is 17. The number of imidazole rings is 1. The van der Waals surface area contributed by atoms with Crippen molar-refractivity contribution >= 4 is 72.8 Å². The number of nitrogen functional groups attached to an aromatic ring is 2. The van der Waals surface area contributed by atoms with Crippen LogP contribution in [0.1, 0.15) is 18.9 Å². The first-order valence-electron chi connectivity index (χ1n) is 13.2. The van der Waals surface area contributed by atoms with Gasteiger partial charge in [0.15, 0.2) is 0 Å². The van der Waals surface area contributed by atoms with Gasteiger partial charge >= 0.3 is 258 Å². The molecule has 0 spiro atoms. The summed E-state index contributed by atoms with van der Waals surface area (Å²) in [6, 6.07) is 1.74. The molecule has 7 heterocycles. The van der Waals surface area contributed by atoms with Crippen LogP contribution in [0.2, 0.25) is 0 Å². The number of fused-ring (bicyclic) bond motifs is 5. The predicted octanol–water partition coefficient (Wildman–Crippen LogP) is 0.733. The monoisotopic (exact) mass is 695 g/mol.